The largest absolute Gasteiger partial charge is 0.355 e. The molecule has 1 N–H and O–H groups in total. The Kier molecular flexibility index (Phi) is 6.99. The molecule has 6 heteroatoms. The van der Waals surface area contributed by atoms with Crippen molar-refractivity contribution in [1.82, 2.24) is 20.5 Å². The number of benzene rings is 2. The molecule has 0 unspecified atom stereocenters. The average molecular weight is 407 g/mol. The van der Waals surface area contributed by atoms with E-state index < -0.39 is 0 Å². The third-order valence-electron chi connectivity index (χ3n) is 4.52. The lowest BCUT2D eigenvalue weighted by Gasteiger charge is -2.13. The van der Waals surface area contributed by atoms with Gasteiger partial charge in [-0.25, -0.2) is 4.98 Å². The fourth-order valence-corrected chi connectivity index (χ4v) is 3.52. The molecule has 0 saturated heterocycles. The van der Waals surface area contributed by atoms with Crippen LogP contribution in [0.3, 0.4) is 0 Å². The fourth-order valence-electron chi connectivity index (χ4n) is 2.78. The van der Waals surface area contributed by atoms with E-state index in [2.05, 4.69) is 53.6 Å². The number of carbonyl (C=O) groups is 1. The second kappa shape index (κ2) is 9.65. The number of nitrogens with one attached hydrogen (secondary N) is 1. The summed E-state index contributed by atoms with van der Waals surface area (Å²) in [4.78, 5) is 17.0. The van der Waals surface area contributed by atoms with E-state index in [1.54, 1.807) is 0 Å². The lowest BCUT2D eigenvalue weighted by molar-refractivity contribution is -0.120. The summed E-state index contributed by atoms with van der Waals surface area (Å²) in [6, 6.07) is 16.4. The normalized spacial score (nSPS) is 11.9. The Morgan fingerprint density at radius 1 is 0.931 bits per heavy atom. The molecule has 0 aliphatic carbocycles. The Morgan fingerprint density at radius 3 is 2.03 bits per heavy atom. The van der Waals surface area contributed by atoms with Gasteiger partial charge in [0.1, 0.15) is 11.4 Å². The Hall–Kier alpha value is -2.73. The Balaban J connectivity index is 1.96. The van der Waals surface area contributed by atoms with Crippen molar-refractivity contribution in [3.8, 4) is 22.5 Å². The van der Waals surface area contributed by atoms with E-state index in [0.29, 0.717) is 11.7 Å². The van der Waals surface area contributed by atoms with Crippen LogP contribution in [0.15, 0.2) is 53.7 Å². The number of hydrogen-bond acceptors (Lipinski definition) is 5. The second-order valence-corrected chi connectivity index (χ2v) is 8.38. The lowest BCUT2D eigenvalue weighted by atomic mass is 10.0. The number of hydrogen-bond donors (Lipinski definition) is 1. The van der Waals surface area contributed by atoms with Crippen molar-refractivity contribution >= 4 is 17.7 Å². The summed E-state index contributed by atoms with van der Waals surface area (Å²) < 4.78 is 0. The first-order chi connectivity index (χ1) is 14.0. The molecule has 2 aromatic carbocycles. The number of nitrogens with zero attached hydrogens (tertiary/aromatic N) is 3. The van der Waals surface area contributed by atoms with Crippen molar-refractivity contribution in [1.29, 1.82) is 0 Å². The SMILES string of the molecule is CCCNC(=O)[C@@H](C)Sc1nnc(-c2ccc(C)cc2)c(-c2ccc(C)cc2)n1. The highest BCUT2D eigenvalue weighted by molar-refractivity contribution is 8.00. The quantitative estimate of drug-likeness (QED) is 0.569. The highest BCUT2D eigenvalue weighted by Gasteiger charge is 2.19. The molecule has 1 atom stereocenters. The maximum absolute atomic E-state index is 12.2. The summed E-state index contributed by atoms with van der Waals surface area (Å²) in [6.07, 6.45) is 0.907. The van der Waals surface area contributed by atoms with Gasteiger partial charge in [-0.1, -0.05) is 78.3 Å². The van der Waals surface area contributed by atoms with Crippen molar-refractivity contribution in [2.45, 2.75) is 44.5 Å². The number of rotatable bonds is 7. The van der Waals surface area contributed by atoms with Gasteiger partial charge in [0.25, 0.3) is 0 Å². The molecular weight excluding hydrogens is 380 g/mol. The molecule has 0 aliphatic heterocycles. The molecule has 150 valence electrons. The first-order valence-electron chi connectivity index (χ1n) is 9.81. The molecule has 5 nitrogen and oxygen atoms in total. The zero-order valence-electron chi connectivity index (χ0n) is 17.3. The van der Waals surface area contributed by atoms with Gasteiger partial charge < -0.3 is 5.32 Å². The summed E-state index contributed by atoms with van der Waals surface area (Å²) in [7, 11) is 0. The van der Waals surface area contributed by atoms with Crippen LogP contribution < -0.4 is 5.32 Å². The Bertz CT molecular complexity index is 971. The van der Waals surface area contributed by atoms with Crippen LogP contribution in [0.4, 0.5) is 0 Å². The standard InChI is InChI=1S/C23H26N4OS/c1-5-14-24-22(28)17(4)29-23-25-20(18-10-6-15(2)7-11-18)21(26-27-23)19-12-8-16(3)9-13-19/h6-13,17H,5,14H2,1-4H3,(H,24,28)/t17-/m1/s1. The van der Waals surface area contributed by atoms with Gasteiger partial charge in [-0.05, 0) is 27.2 Å². The van der Waals surface area contributed by atoms with Crippen molar-refractivity contribution in [3.05, 3.63) is 59.7 Å². The van der Waals surface area contributed by atoms with Crippen LogP contribution in [0.5, 0.6) is 0 Å². The molecule has 0 radical (unpaired) electrons. The first-order valence-corrected chi connectivity index (χ1v) is 10.7. The minimum Gasteiger partial charge on any atom is -0.355 e. The van der Waals surface area contributed by atoms with Crippen LogP contribution in [-0.4, -0.2) is 32.9 Å². The molecule has 29 heavy (non-hydrogen) atoms. The summed E-state index contributed by atoms with van der Waals surface area (Å²) in [5, 5.41) is 11.9. The van der Waals surface area contributed by atoms with Crippen molar-refractivity contribution in [2.75, 3.05) is 6.54 Å². The maximum Gasteiger partial charge on any atom is 0.233 e. The Morgan fingerprint density at radius 2 is 1.48 bits per heavy atom. The maximum atomic E-state index is 12.2. The third-order valence-corrected chi connectivity index (χ3v) is 5.47. The van der Waals surface area contributed by atoms with Crippen LogP contribution >= 0.6 is 11.8 Å². The number of amides is 1. The molecule has 0 spiro atoms. The van der Waals surface area contributed by atoms with Gasteiger partial charge in [0.2, 0.25) is 11.1 Å². The number of thioether (sulfide) groups is 1. The van der Waals surface area contributed by atoms with Crippen LogP contribution in [0.25, 0.3) is 22.5 Å². The van der Waals surface area contributed by atoms with Crippen LogP contribution in [-0.2, 0) is 4.79 Å². The zero-order valence-corrected chi connectivity index (χ0v) is 18.1. The monoisotopic (exact) mass is 406 g/mol. The summed E-state index contributed by atoms with van der Waals surface area (Å²) in [5.74, 6) is -0.0139. The summed E-state index contributed by atoms with van der Waals surface area (Å²) in [5.41, 5.74) is 5.82. The van der Waals surface area contributed by atoms with Gasteiger partial charge in [-0.2, -0.15) is 0 Å². The molecule has 0 fully saturated rings. The number of carbonyl (C=O) groups excluding carboxylic acids is 1. The first kappa shape index (κ1) is 21.0. The van der Waals surface area contributed by atoms with E-state index >= 15 is 0 Å². The highest BCUT2D eigenvalue weighted by atomic mass is 32.2. The van der Waals surface area contributed by atoms with Gasteiger partial charge in [0.05, 0.1) is 5.25 Å². The van der Waals surface area contributed by atoms with E-state index in [1.807, 2.05) is 38.1 Å². The van der Waals surface area contributed by atoms with E-state index in [4.69, 9.17) is 4.98 Å². The van der Waals surface area contributed by atoms with Gasteiger partial charge in [0, 0.05) is 17.7 Å². The second-order valence-electron chi connectivity index (χ2n) is 7.07. The van der Waals surface area contributed by atoms with Gasteiger partial charge in [0.15, 0.2) is 0 Å². The number of aromatic nitrogens is 3. The van der Waals surface area contributed by atoms with Crippen LogP contribution in [0, 0.1) is 13.8 Å². The topological polar surface area (TPSA) is 67.8 Å². The van der Waals surface area contributed by atoms with E-state index in [1.165, 1.54) is 22.9 Å². The Labute approximate surface area is 176 Å². The zero-order chi connectivity index (χ0) is 20.8. The lowest BCUT2D eigenvalue weighted by Crippen LogP contribution is -2.31. The molecule has 3 aromatic rings. The molecule has 1 amide bonds. The number of aryl methyl sites for hydroxylation is 2. The van der Waals surface area contributed by atoms with Crippen LogP contribution in [0.1, 0.15) is 31.4 Å². The molecule has 1 heterocycles. The molecular formula is C23H26N4OS. The van der Waals surface area contributed by atoms with Gasteiger partial charge in [-0.3, -0.25) is 4.79 Å². The minimum absolute atomic E-state index is 0.0139. The van der Waals surface area contributed by atoms with Gasteiger partial charge >= 0.3 is 0 Å². The van der Waals surface area contributed by atoms with Gasteiger partial charge in [-0.15, -0.1) is 10.2 Å². The predicted octanol–water partition coefficient (Wildman–Crippen LogP) is 4.83. The third kappa shape index (κ3) is 5.41. The summed E-state index contributed by atoms with van der Waals surface area (Å²) in [6.45, 7) is 8.67. The fraction of sp³-hybridized carbons (Fsp3) is 0.304. The predicted molar refractivity (Wildman–Crippen MR) is 119 cm³/mol. The van der Waals surface area contributed by atoms with Crippen molar-refractivity contribution in [2.24, 2.45) is 0 Å². The average Bonchev–Trinajstić information content (AvgIpc) is 2.73. The molecule has 0 aliphatic rings. The van der Waals surface area contributed by atoms with E-state index in [0.717, 1.165) is 28.9 Å². The summed E-state index contributed by atoms with van der Waals surface area (Å²) >= 11 is 1.32. The molecule has 3 rings (SSSR count). The highest BCUT2D eigenvalue weighted by Crippen LogP contribution is 2.31. The minimum atomic E-state index is -0.292. The van der Waals surface area contributed by atoms with E-state index in [-0.39, 0.29) is 11.2 Å². The van der Waals surface area contributed by atoms with E-state index in [9.17, 15) is 4.79 Å². The molecule has 1 aromatic heterocycles. The van der Waals surface area contributed by atoms with Crippen LogP contribution in [0.2, 0.25) is 0 Å². The molecule has 0 bridgehead atoms. The van der Waals surface area contributed by atoms with Crippen molar-refractivity contribution in [3.63, 3.8) is 0 Å². The smallest absolute Gasteiger partial charge is 0.233 e. The van der Waals surface area contributed by atoms with Crippen molar-refractivity contribution < 1.29 is 4.79 Å². The molecule has 0 saturated carbocycles.